The molecule has 1 heterocycles. The van der Waals surface area contributed by atoms with Crippen molar-refractivity contribution in [1.29, 1.82) is 0 Å². The molecule has 5 heteroatoms. The Balaban J connectivity index is 2.22. The first kappa shape index (κ1) is 12.9. The highest BCUT2D eigenvalue weighted by Gasteiger charge is 2.12. The molecule has 1 amide bonds. The van der Waals surface area contributed by atoms with E-state index in [1.807, 2.05) is 36.6 Å². The van der Waals surface area contributed by atoms with Gasteiger partial charge in [-0.05, 0) is 64.7 Å². The lowest BCUT2D eigenvalue weighted by Crippen LogP contribution is -2.11. The van der Waals surface area contributed by atoms with Gasteiger partial charge in [0.05, 0.1) is 15.6 Å². The minimum absolute atomic E-state index is 0.111. The van der Waals surface area contributed by atoms with Crippen molar-refractivity contribution in [1.82, 2.24) is 0 Å². The van der Waals surface area contributed by atoms with E-state index in [1.165, 1.54) is 11.3 Å². The molecule has 0 atom stereocenters. The standard InChI is InChI=1S/C12H9ClINOS/c1-7-4-5-17-11(7)12(16)15-10-3-2-8(14)6-9(10)13/h2-6H,1H3,(H,15,16). The molecule has 2 nitrogen and oxygen atoms in total. The number of nitrogens with one attached hydrogen (secondary N) is 1. The molecular weight excluding hydrogens is 369 g/mol. The summed E-state index contributed by atoms with van der Waals surface area (Å²) in [5.41, 5.74) is 1.62. The highest BCUT2D eigenvalue weighted by molar-refractivity contribution is 14.1. The first-order valence-electron chi connectivity index (χ1n) is 4.88. The number of hydrogen-bond acceptors (Lipinski definition) is 2. The number of benzene rings is 1. The zero-order chi connectivity index (χ0) is 12.4. The third-order valence-electron chi connectivity index (χ3n) is 2.25. The molecule has 0 aliphatic rings. The van der Waals surface area contributed by atoms with Crippen LogP contribution in [-0.4, -0.2) is 5.91 Å². The fourth-order valence-corrected chi connectivity index (χ4v) is 3.10. The van der Waals surface area contributed by atoms with Crippen LogP contribution in [0.1, 0.15) is 15.2 Å². The predicted octanol–water partition coefficient (Wildman–Crippen LogP) is 4.57. The number of amides is 1. The zero-order valence-corrected chi connectivity index (χ0v) is 12.7. The number of anilines is 1. The van der Waals surface area contributed by atoms with Gasteiger partial charge in [-0.1, -0.05) is 11.6 Å². The van der Waals surface area contributed by atoms with Gasteiger partial charge in [0.25, 0.3) is 5.91 Å². The van der Waals surface area contributed by atoms with Gasteiger partial charge < -0.3 is 5.32 Å². The highest BCUT2D eigenvalue weighted by atomic mass is 127. The van der Waals surface area contributed by atoms with Crippen LogP contribution < -0.4 is 5.32 Å². The van der Waals surface area contributed by atoms with E-state index in [9.17, 15) is 4.79 Å². The maximum Gasteiger partial charge on any atom is 0.266 e. The molecule has 0 saturated carbocycles. The molecule has 1 aromatic heterocycles. The lowest BCUT2D eigenvalue weighted by molar-refractivity contribution is 0.103. The van der Waals surface area contributed by atoms with Crippen molar-refractivity contribution in [2.24, 2.45) is 0 Å². The van der Waals surface area contributed by atoms with Crippen LogP contribution in [0, 0.1) is 10.5 Å². The van der Waals surface area contributed by atoms with Crippen molar-refractivity contribution >= 4 is 57.1 Å². The number of thiophene rings is 1. The van der Waals surface area contributed by atoms with E-state index in [0.29, 0.717) is 10.7 Å². The van der Waals surface area contributed by atoms with Crippen LogP contribution in [0.3, 0.4) is 0 Å². The van der Waals surface area contributed by atoms with E-state index in [-0.39, 0.29) is 5.91 Å². The van der Waals surface area contributed by atoms with Gasteiger partial charge in [0.1, 0.15) is 0 Å². The molecule has 2 aromatic rings. The van der Waals surface area contributed by atoms with Crippen molar-refractivity contribution in [3.63, 3.8) is 0 Å². The predicted molar refractivity (Wildman–Crippen MR) is 81.2 cm³/mol. The summed E-state index contributed by atoms with van der Waals surface area (Å²) >= 11 is 9.66. The molecule has 0 radical (unpaired) electrons. The summed E-state index contributed by atoms with van der Waals surface area (Å²) in [6.45, 7) is 1.92. The van der Waals surface area contributed by atoms with Crippen molar-refractivity contribution in [3.05, 3.63) is 48.7 Å². The highest BCUT2D eigenvalue weighted by Crippen LogP contribution is 2.25. The lowest BCUT2D eigenvalue weighted by Gasteiger charge is -2.06. The number of carbonyl (C=O) groups is 1. The zero-order valence-electron chi connectivity index (χ0n) is 8.96. The van der Waals surface area contributed by atoms with Crippen molar-refractivity contribution < 1.29 is 4.79 Å². The minimum atomic E-state index is -0.111. The molecule has 0 fully saturated rings. The molecule has 1 N–H and O–H groups in total. The number of carbonyl (C=O) groups excluding carboxylic acids is 1. The van der Waals surface area contributed by atoms with Gasteiger partial charge in [0, 0.05) is 3.57 Å². The van der Waals surface area contributed by atoms with Gasteiger partial charge in [-0.25, -0.2) is 0 Å². The second kappa shape index (κ2) is 5.37. The Kier molecular flexibility index (Phi) is 4.06. The van der Waals surface area contributed by atoms with Crippen LogP contribution in [0.25, 0.3) is 0 Å². The van der Waals surface area contributed by atoms with Crippen LogP contribution >= 0.6 is 45.5 Å². The van der Waals surface area contributed by atoms with E-state index in [4.69, 9.17) is 11.6 Å². The Hall–Kier alpha value is -0.590. The molecule has 0 bridgehead atoms. The van der Waals surface area contributed by atoms with Crippen molar-refractivity contribution in [3.8, 4) is 0 Å². The summed E-state index contributed by atoms with van der Waals surface area (Å²) in [7, 11) is 0. The molecule has 2 rings (SSSR count). The number of rotatable bonds is 2. The molecular formula is C12H9ClINOS. The number of hydrogen-bond donors (Lipinski definition) is 1. The first-order valence-corrected chi connectivity index (χ1v) is 7.22. The molecule has 1 aromatic carbocycles. The Morgan fingerprint density at radius 2 is 2.18 bits per heavy atom. The Morgan fingerprint density at radius 1 is 1.41 bits per heavy atom. The summed E-state index contributed by atoms with van der Waals surface area (Å²) in [5.74, 6) is -0.111. The van der Waals surface area contributed by atoms with E-state index < -0.39 is 0 Å². The van der Waals surface area contributed by atoms with Gasteiger partial charge in [0.2, 0.25) is 0 Å². The largest absolute Gasteiger partial charge is 0.320 e. The monoisotopic (exact) mass is 377 g/mol. The second-order valence-corrected chi connectivity index (χ2v) is 6.08. The second-order valence-electron chi connectivity index (χ2n) is 3.51. The van der Waals surface area contributed by atoms with Crippen LogP contribution in [0.5, 0.6) is 0 Å². The van der Waals surface area contributed by atoms with E-state index in [2.05, 4.69) is 27.9 Å². The van der Waals surface area contributed by atoms with Gasteiger partial charge in [-0.2, -0.15) is 0 Å². The maximum absolute atomic E-state index is 12.0. The summed E-state index contributed by atoms with van der Waals surface area (Å²) in [6.07, 6.45) is 0. The van der Waals surface area contributed by atoms with E-state index in [0.717, 1.165) is 14.0 Å². The Bertz CT molecular complexity index is 567. The topological polar surface area (TPSA) is 29.1 Å². The molecule has 0 aliphatic carbocycles. The lowest BCUT2D eigenvalue weighted by atomic mass is 10.2. The van der Waals surface area contributed by atoms with Crippen LogP contribution in [-0.2, 0) is 0 Å². The fraction of sp³-hybridized carbons (Fsp3) is 0.0833. The summed E-state index contributed by atoms with van der Waals surface area (Å²) in [4.78, 5) is 12.7. The third-order valence-corrected chi connectivity index (χ3v) is 4.25. The van der Waals surface area contributed by atoms with Gasteiger partial charge in [-0.15, -0.1) is 11.3 Å². The average molecular weight is 378 g/mol. The van der Waals surface area contributed by atoms with E-state index >= 15 is 0 Å². The minimum Gasteiger partial charge on any atom is -0.320 e. The van der Waals surface area contributed by atoms with Gasteiger partial charge in [-0.3, -0.25) is 4.79 Å². The van der Waals surface area contributed by atoms with Gasteiger partial charge >= 0.3 is 0 Å². The number of halogens is 2. The first-order chi connectivity index (χ1) is 8.08. The fourth-order valence-electron chi connectivity index (χ4n) is 1.38. The van der Waals surface area contributed by atoms with Crippen molar-refractivity contribution in [2.45, 2.75) is 6.92 Å². The average Bonchev–Trinajstić information content (AvgIpc) is 2.68. The van der Waals surface area contributed by atoms with Gasteiger partial charge in [0.15, 0.2) is 0 Å². The molecule has 0 spiro atoms. The Morgan fingerprint density at radius 3 is 2.76 bits per heavy atom. The van der Waals surface area contributed by atoms with Crippen LogP contribution in [0.4, 0.5) is 5.69 Å². The summed E-state index contributed by atoms with van der Waals surface area (Å²) < 4.78 is 1.04. The smallest absolute Gasteiger partial charge is 0.266 e. The summed E-state index contributed by atoms with van der Waals surface area (Å²) in [5, 5.41) is 5.27. The third kappa shape index (κ3) is 3.00. The number of aryl methyl sites for hydroxylation is 1. The normalized spacial score (nSPS) is 10.3. The van der Waals surface area contributed by atoms with Crippen LogP contribution in [0.2, 0.25) is 5.02 Å². The molecule has 88 valence electrons. The molecule has 0 aliphatic heterocycles. The maximum atomic E-state index is 12.0. The molecule has 17 heavy (non-hydrogen) atoms. The quantitative estimate of drug-likeness (QED) is 0.763. The van der Waals surface area contributed by atoms with Crippen molar-refractivity contribution in [2.75, 3.05) is 5.32 Å². The Labute approximate surface area is 122 Å². The molecule has 0 unspecified atom stereocenters. The SMILES string of the molecule is Cc1ccsc1C(=O)Nc1ccc(I)cc1Cl. The molecule has 0 saturated heterocycles. The summed E-state index contributed by atoms with van der Waals surface area (Å²) in [6, 6.07) is 7.46. The van der Waals surface area contributed by atoms with Crippen LogP contribution in [0.15, 0.2) is 29.6 Å². The van der Waals surface area contributed by atoms with E-state index in [1.54, 1.807) is 0 Å².